The van der Waals surface area contributed by atoms with Crippen LogP contribution in [0.25, 0.3) is 0 Å². The number of sulfonamides is 1. The van der Waals surface area contributed by atoms with E-state index in [-0.39, 0.29) is 17.7 Å². The van der Waals surface area contributed by atoms with Gasteiger partial charge in [0.2, 0.25) is 0 Å². The van der Waals surface area contributed by atoms with Gasteiger partial charge in [-0.3, -0.25) is 9.10 Å². The molecule has 2 aliphatic rings. The summed E-state index contributed by atoms with van der Waals surface area (Å²) in [4.78, 5) is 13.4. The zero-order valence-corrected chi connectivity index (χ0v) is 19.8. The van der Waals surface area contributed by atoms with Gasteiger partial charge >= 0.3 is 5.97 Å². The van der Waals surface area contributed by atoms with Gasteiger partial charge in [0.25, 0.3) is 10.0 Å². The van der Waals surface area contributed by atoms with Crippen LogP contribution in [0.2, 0.25) is 0 Å². The lowest BCUT2D eigenvalue weighted by Crippen LogP contribution is -2.36. The van der Waals surface area contributed by atoms with Crippen molar-refractivity contribution in [1.82, 2.24) is 4.31 Å². The highest BCUT2D eigenvalue weighted by atomic mass is 32.2. The van der Waals surface area contributed by atoms with Crippen LogP contribution in [0.15, 0.2) is 88.2 Å². The summed E-state index contributed by atoms with van der Waals surface area (Å²) >= 11 is 0. The van der Waals surface area contributed by atoms with E-state index in [2.05, 4.69) is 0 Å². The van der Waals surface area contributed by atoms with Crippen LogP contribution in [0, 0.1) is 0 Å². The Morgan fingerprint density at radius 2 is 1.91 bits per heavy atom. The first-order valence-electron chi connectivity index (χ1n) is 10.6. The minimum atomic E-state index is -4.01. The molecule has 0 fully saturated rings. The Hall–Kier alpha value is -3.59. The van der Waals surface area contributed by atoms with Crippen molar-refractivity contribution in [2.45, 2.75) is 30.7 Å². The number of hydrogen-bond acceptors (Lipinski definition) is 5. The second kappa shape index (κ2) is 8.98. The van der Waals surface area contributed by atoms with Gasteiger partial charge in [-0.2, -0.15) is 0 Å². The van der Waals surface area contributed by atoms with Gasteiger partial charge in [-0.15, -0.1) is 0 Å². The van der Waals surface area contributed by atoms with Crippen LogP contribution in [-0.2, 0) is 14.8 Å². The lowest BCUT2D eigenvalue weighted by Gasteiger charge is -2.29. The fourth-order valence-corrected chi connectivity index (χ4v) is 6.11. The number of carbonyl (C=O) groups is 1. The maximum Gasteiger partial charge on any atom is 0.307 e. The second-order valence-electron chi connectivity index (χ2n) is 8.13. The third-order valence-corrected chi connectivity index (χ3v) is 8.05. The van der Waals surface area contributed by atoms with Gasteiger partial charge < -0.3 is 14.7 Å². The topological polar surface area (TPSA) is 87.2 Å². The van der Waals surface area contributed by atoms with Crippen LogP contribution < -0.4 is 9.64 Å². The molecule has 1 atom stereocenters. The van der Waals surface area contributed by atoms with Gasteiger partial charge in [0, 0.05) is 30.2 Å². The molecule has 178 valence electrons. The molecule has 1 aliphatic carbocycles. The Kier molecular flexibility index (Phi) is 6.22. The molecule has 1 unspecified atom stereocenters. The van der Waals surface area contributed by atoms with E-state index in [4.69, 9.17) is 4.74 Å². The van der Waals surface area contributed by atoms with Crippen molar-refractivity contribution in [2.24, 2.45) is 0 Å². The molecule has 2 aromatic rings. The lowest BCUT2D eigenvalue weighted by molar-refractivity contribution is -0.136. The lowest BCUT2D eigenvalue weighted by atomic mass is 9.93. The maximum absolute atomic E-state index is 13.9. The number of hydrogen-bond donors (Lipinski definition) is 1. The van der Waals surface area contributed by atoms with Crippen LogP contribution in [-0.4, -0.2) is 44.0 Å². The minimum Gasteiger partial charge on any atom is -0.497 e. The highest BCUT2D eigenvalue weighted by molar-refractivity contribution is 7.89. The van der Waals surface area contributed by atoms with Gasteiger partial charge in [0.05, 0.1) is 24.5 Å². The Balaban J connectivity index is 1.67. The molecular weight excluding hydrogens is 459 g/mol. The molecule has 34 heavy (non-hydrogen) atoms. The number of fused-ring (bicyclic) bond motifs is 1. The average molecular weight is 485 g/mol. The molecule has 1 heterocycles. The Morgan fingerprint density at radius 1 is 1.21 bits per heavy atom. The summed E-state index contributed by atoms with van der Waals surface area (Å²) < 4.78 is 47.7. The number of aliphatic carboxylic acids is 1. The molecule has 9 heteroatoms. The summed E-state index contributed by atoms with van der Waals surface area (Å²) in [5.41, 5.74) is 2.68. The summed E-state index contributed by atoms with van der Waals surface area (Å²) in [6.07, 6.45) is 2.31. The fourth-order valence-electron chi connectivity index (χ4n) is 4.39. The Morgan fingerprint density at radius 3 is 2.56 bits per heavy atom. The number of rotatable bonds is 7. The van der Waals surface area contributed by atoms with Crippen LogP contribution in [0.4, 0.5) is 15.8 Å². The first-order chi connectivity index (χ1) is 16.1. The maximum atomic E-state index is 13.9. The van der Waals surface area contributed by atoms with Crippen molar-refractivity contribution in [1.29, 1.82) is 0 Å². The quantitative estimate of drug-likeness (QED) is 0.609. The van der Waals surface area contributed by atoms with Crippen molar-refractivity contribution in [3.63, 3.8) is 0 Å². The van der Waals surface area contributed by atoms with Crippen molar-refractivity contribution >= 4 is 27.4 Å². The molecule has 0 saturated heterocycles. The number of carboxylic acid groups (broad SMARTS) is 1. The molecule has 1 aliphatic heterocycles. The number of methoxy groups -OCH3 is 1. The number of carboxylic acids is 1. The zero-order chi connectivity index (χ0) is 24.6. The number of benzene rings is 2. The van der Waals surface area contributed by atoms with E-state index in [9.17, 15) is 22.7 Å². The standard InChI is InChI=1S/C25H25FN2O5S/c1-16-22(15-25(29)30)23-13-17(26)7-12-24(23)28(16)34(31,32)21-10-8-18(9-11-21)27(2)19-5-4-6-20(14-19)33-3/h4-11,13-14,24H,12,15H2,1-3H3,(H,29,30). The molecule has 0 bridgehead atoms. The van der Waals surface area contributed by atoms with Gasteiger partial charge in [0.15, 0.2) is 0 Å². The molecule has 4 rings (SSSR count). The third-order valence-electron chi connectivity index (χ3n) is 6.14. The first-order valence-corrected chi connectivity index (χ1v) is 12.1. The molecular formula is C25H25FN2O5S. The van der Waals surface area contributed by atoms with Gasteiger partial charge in [-0.1, -0.05) is 6.07 Å². The van der Waals surface area contributed by atoms with E-state index in [1.54, 1.807) is 26.2 Å². The highest BCUT2D eigenvalue weighted by Crippen LogP contribution is 2.43. The molecule has 2 aromatic carbocycles. The second-order valence-corrected chi connectivity index (χ2v) is 9.94. The van der Waals surface area contributed by atoms with Gasteiger partial charge in [0.1, 0.15) is 11.6 Å². The number of anilines is 2. The SMILES string of the molecule is COc1cccc(N(C)c2ccc(S(=O)(=O)N3C(C)=C(CC(=O)O)C4=CC(F)=CCC43)cc2)c1. The van der Waals surface area contributed by atoms with E-state index < -0.39 is 27.9 Å². The van der Waals surface area contributed by atoms with Crippen molar-refractivity contribution in [3.05, 3.63) is 83.4 Å². The number of nitrogens with zero attached hydrogens (tertiary/aromatic N) is 2. The minimum absolute atomic E-state index is 0.0700. The van der Waals surface area contributed by atoms with Crippen LogP contribution in [0.5, 0.6) is 5.75 Å². The molecule has 1 N–H and O–H groups in total. The summed E-state index contributed by atoms with van der Waals surface area (Å²) in [7, 11) is -0.556. The fraction of sp³-hybridized carbons (Fsp3) is 0.240. The first kappa shape index (κ1) is 23.6. The van der Waals surface area contributed by atoms with Crippen molar-refractivity contribution in [2.75, 3.05) is 19.1 Å². The smallest absolute Gasteiger partial charge is 0.307 e. The van der Waals surface area contributed by atoms with Crippen LogP contribution in [0.3, 0.4) is 0 Å². The number of allylic oxidation sites excluding steroid dienone is 3. The number of halogens is 1. The average Bonchev–Trinajstić information content (AvgIpc) is 3.09. The van der Waals surface area contributed by atoms with Gasteiger partial charge in [-0.05, 0) is 73.0 Å². The van der Waals surface area contributed by atoms with E-state index in [1.807, 2.05) is 36.2 Å². The van der Waals surface area contributed by atoms with Crippen molar-refractivity contribution in [3.8, 4) is 5.75 Å². The molecule has 0 spiro atoms. The van der Waals surface area contributed by atoms with E-state index in [0.717, 1.165) is 11.4 Å². The van der Waals surface area contributed by atoms with E-state index in [1.165, 1.54) is 28.6 Å². The predicted octanol–water partition coefficient (Wildman–Crippen LogP) is 4.77. The Labute approximate surface area is 198 Å². The van der Waals surface area contributed by atoms with Crippen LogP contribution in [0.1, 0.15) is 19.8 Å². The molecule has 0 aromatic heterocycles. The molecule has 0 saturated carbocycles. The van der Waals surface area contributed by atoms with Crippen LogP contribution >= 0.6 is 0 Å². The largest absolute Gasteiger partial charge is 0.497 e. The molecule has 7 nitrogen and oxygen atoms in total. The summed E-state index contributed by atoms with van der Waals surface area (Å²) in [6.45, 7) is 1.57. The molecule has 0 amide bonds. The van der Waals surface area contributed by atoms with E-state index >= 15 is 0 Å². The predicted molar refractivity (Wildman–Crippen MR) is 127 cm³/mol. The van der Waals surface area contributed by atoms with Crippen molar-refractivity contribution < 1.29 is 27.4 Å². The number of ether oxygens (including phenoxy) is 1. The summed E-state index contributed by atoms with van der Waals surface area (Å²) in [6, 6.07) is 13.3. The Bertz CT molecular complexity index is 1330. The van der Waals surface area contributed by atoms with Gasteiger partial charge in [-0.25, -0.2) is 12.8 Å². The zero-order valence-electron chi connectivity index (χ0n) is 19.0. The highest BCUT2D eigenvalue weighted by Gasteiger charge is 2.42. The summed E-state index contributed by atoms with van der Waals surface area (Å²) in [5.74, 6) is -0.891. The normalized spacial score (nSPS) is 17.8. The van der Waals surface area contributed by atoms with E-state index in [0.29, 0.717) is 22.6 Å². The summed E-state index contributed by atoms with van der Waals surface area (Å²) in [5, 5.41) is 9.31. The molecule has 0 radical (unpaired) electrons. The monoisotopic (exact) mass is 484 g/mol. The third kappa shape index (κ3) is 4.19.